The highest BCUT2D eigenvalue weighted by molar-refractivity contribution is 7.69. The van der Waals surface area contributed by atoms with Crippen LogP contribution in [0.4, 0.5) is 5.69 Å². The highest BCUT2D eigenvalue weighted by Crippen LogP contribution is 2.57. The Morgan fingerprint density at radius 1 is 1.10 bits per heavy atom. The molecule has 0 aliphatic heterocycles. The van der Waals surface area contributed by atoms with Crippen molar-refractivity contribution in [1.82, 2.24) is 4.98 Å². The Kier molecular flexibility index (Phi) is 8.09. The molecule has 206 valence electrons. The second-order valence-corrected chi connectivity index (χ2v) is 13.3. The first kappa shape index (κ1) is 28.4. The van der Waals surface area contributed by atoms with Gasteiger partial charge in [-0.3, -0.25) is 14.2 Å². The first-order valence-electron chi connectivity index (χ1n) is 12.4. The van der Waals surface area contributed by atoms with Crippen LogP contribution in [-0.2, 0) is 9.09 Å². The molecule has 11 heteroatoms. The summed E-state index contributed by atoms with van der Waals surface area (Å²) in [6.07, 6.45) is 1.71. The zero-order valence-corrected chi connectivity index (χ0v) is 25.0. The average Bonchev–Trinajstić information content (AvgIpc) is 3.54. The minimum atomic E-state index is -3.86. The number of rotatable bonds is 9. The Morgan fingerprint density at radius 2 is 1.82 bits per heavy atom. The van der Waals surface area contributed by atoms with Crippen LogP contribution in [0.2, 0.25) is 10.0 Å². The van der Waals surface area contributed by atoms with Crippen LogP contribution in [0, 0.1) is 0 Å². The van der Waals surface area contributed by atoms with Crippen molar-refractivity contribution in [3.05, 3.63) is 87.8 Å². The van der Waals surface area contributed by atoms with Gasteiger partial charge in [-0.2, -0.15) is 0 Å². The van der Waals surface area contributed by atoms with Crippen LogP contribution < -0.4 is 9.97 Å². The van der Waals surface area contributed by atoms with Crippen molar-refractivity contribution in [2.45, 2.75) is 26.8 Å². The van der Waals surface area contributed by atoms with Gasteiger partial charge in [0.15, 0.2) is 5.58 Å². The Morgan fingerprint density at radius 3 is 2.45 bits per heavy atom. The summed E-state index contributed by atoms with van der Waals surface area (Å²) in [4.78, 5) is 17.5. The SMILES string of the molecule is CCOP(=O)(c1ccc(Cl)cc1Cl)N(c1cc(-c2ccc(-c3cc4ncccc4o3)cc2)sc1C(=O)O)C(C)C. The van der Waals surface area contributed by atoms with Gasteiger partial charge in [-0.05, 0) is 62.7 Å². The third-order valence-corrected chi connectivity index (χ3v) is 10.9. The molecule has 40 heavy (non-hydrogen) atoms. The van der Waals surface area contributed by atoms with Crippen molar-refractivity contribution in [2.24, 2.45) is 0 Å². The Hall–Kier alpha value is -3.13. The summed E-state index contributed by atoms with van der Waals surface area (Å²) in [6, 6.07) is 19.2. The van der Waals surface area contributed by atoms with Crippen molar-refractivity contribution in [3.63, 3.8) is 0 Å². The number of hydrogen-bond donors (Lipinski definition) is 1. The van der Waals surface area contributed by atoms with Gasteiger partial charge in [0, 0.05) is 33.8 Å². The molecule has 0 aliphatic rings. The Labute approximate surface area is 245 Å². The van der Waals surface area contributed by atoms with E-state index < -0.39 is 19.5 Å². The molecule has 5 aromatic rings. The topological polar surface area (TPSA) is 92.9 Å². The van der Waals surface area contributed by atoms with Gasteiger partial charge in [0.05, 0.1) is 22.6 Å². The number of nitrogens with zero attached hydrogens (tertiary/aromatic N) is 2. The molecule has 2 aromatic carbocycles. The number of carboxylic acids is 1. The van der Waals surface area contributed by atoms with E-state index >= 15 is 0 Å². The molecule has 1 N–H and O–H groups in total. The van der Waals surface area contributed by atoms with E-state index in [2.05, 4.69) is 4.98 Å². The monoisotopic (exact) mass is 614 g/mol. The minimum absolute atomic E-state index is 0.0427. The number of pyridine rings is 1. The predicted molar refractivity (Wildman–Crippen MR) is 163 cm³/mol. The maximum atomic E-state index is 14.7. The van der Waals surface area contributed by atoms with E-state index in [0.717, 1.165) is 28.0 Å². The van der Waals surface area contributed by atoms with Crippen LogP contribution >= 0.6 is 42.1 Å². The van der Waals surface area contributed by atoms with E-state index in [1.807, 2.05) is 56.3 Å². The van der Waals surface area contributed by atoms with Crippen LogP contribution in [-0.4, -0.2) is 28.7 Å². The number of benzene rings is 2. The molecule has 3 heterocycles. The molecule has 0 bridgehead atoms. The van der Waals surface area contributed by atoms with E-state index in [1.54, 1.807) is 31.3 Å². The van der Waals surface area contributed by atoms with Crippen molar-refractivity contribution in [3.8, 4) is 21.8 Å². The van der Waals surface area contributed by atoms with Crippen molar-refractivity contribution >= 4 is 70.1 Å². The molecular weight excluding hydrogens is 590 g/mol. The van der Waals surface area contributed by atoms with Gasteiger partial charge in [-0.15, -0.1) is 11.3 Å². The molecule has 0 spiro atoms. The molecule has 1 unspecified atom stereocenters. The number of halogens is 2. The maximum Gasteiger partial charge on any atom is 0.348 e. The molecule has 0 radical (unpaired) electrons. The summed E-state index contributed by atoms with van der Waals surface area (Å²) >= 11 is 13.7. The summed E-state index contributed by atoms with van der Waals surface area (Å²) in [5.41, 5.74) is 3.42. The number of thiophene rings is 1. The van der Waals surface area contributed by atoms with Crippen molar-refractivity contribution in [2.75, 3.05) is 11.3 Å². The van der Waals surface area contributed by atoms with Gasteiger partial charge in [0.2, 0.25) is 0 Å². The van der Waals surface area contributed by atoms with Crippen LogP contribution in [0.3, 0.4) is 0 Å². The molecule has 0 amide bonds. The fourth-order valence-corrected chi connectivity index (χ4v) is 8.80. The first-order chi connectivity index (χ1) is 19.1. The maximum absolute atomic E-state index is 14.7. The fraction of sp³-hybridized carbons (Fsp3) is 0.172. The van der Waals surface area contributed by atoms with Crippen molar-refractivity contribution in [1.29, 1.82) is 0 Å². The van der Waals surface area contributed by atoms with Crippen LogP contribution in [0.25, 0.3) is 32.9 Å². The number of aromatic nitrogens is 1. The second-order valence-electron chi connectivity index (χ2n) is 9.18. The van der Waals surface area contributed by atoms with Gasteiger partial charge in [0.25, 0.3) is 0 Å². The lowest BCUT2D eigenvalue weighted by Gasteiger charge is -2.36. The average molecular weight is 615 g/mol. The zero-order valence-electron chi connectivity index (χ0n) is 21.8. The number of carbonyl (C=O) groups is 1. The minimum Gasteiger partial charge on any atom is -0.477 e. The summed E-state index contributed by atoms with van der Waals surface area (Å²) in [6.45, 7) is 5.51. The van der Waals surface area contributed by atoms with Crippen LogP contribution in [0.1, 0.15) is 30.4 Å². The molecular formula is C29H25Cl2N2O5PS. The van der Waals surface area contributed by atoms with Crippen molar-refractivity contribution < 1.29 is 23.4 Å². The highest BCUT2D eigenvalue weighted by atomic mass is 35.5. The quantitative estimate of drug-likeness (QED) is 0.166. The summed E-state index contributed by atoms with van der Waals surface area (Å²) < 4.78 is 28.0. The lowest BCUT2D eigenvalue weighted by Crippen LogP contribution is -2.34. The first-order valence-corrected chi connectivity index (χ1v) is 15.6. The lowest BCUT2D eigenvalue weighted by molar-refractivity contribution is 0.0703. The molecule has 7 nitrogen and oxygen atoms in total. The largest absolute Gasteiger partial charge is 0.477 e. The van der Waals surface area contributed by atoms with E-state index in [0.29, 0.717) is 21.2 Å². The second kappa shape index (κ2) is 11.4. The standard InChI is InChI=1S/C29H25Cl2N2O5PS/c1-4-37-39(36,26-12-11-20(30)14-21(26)31)33(17(2)3)23-16-27(40-28(23)29(34)35)19-9-7-18(8-10-19)25-15-22-24(38-25)6-5-13-32-22/h5-17H,4H2,1-3H3,(H,34,35). The van der Waals surface area contributed by atoms with E-state index in [1.165, 1.54) is 10.7 Å². The smallest absolute Gasteiger partial charge is 0.348 e. The molecule has 0 saturated heterocycles. The number of furan rings is 1. The number of anilines is 1. The van der Waals surface area contributed by atoms with Gasteiger partial charge in [-0.1, -0.05) is 47.5 Å². The summed E-state index contributed by atoms with van der Waals surface area (Å²) in [7, 11) is -3.86. The van der Waals surface area contributed by atoms with Crippen LogP contribution in [0.5, 0.6) is 0 Å². The molecule has 3 aromatic heterocycles. The number of hydrogen-bond acceptors (Lipinski definition) is 6. The van der Waals surface area contributed by atoms with Crippen LogP contribution in [0.15, 0.2) is 77.3 Å². The fourth-order valence-electron chi connectivity index (χ4n) is 4.51. The number of carboxylic acid groups (broad SMARTS) is 1. The summed E-state index contributed by atoms with van der Waals surface area (Å²) in [5, 5.41) is 11.0. The van der Waals surface area contributed by atoms with Gasteiger partial charge in [-0.25, -0.2) is 4.79 Å². The lowest BCUT2D eigenvalue weighted by atomic mass is 10.1. The zero-order chi connectivity index (χ0) is 28.6. The summed E-state index contributed by atoms with van der Waals surface area (Å²) in [5.74, 6) is -0.449. The third-order valence-electron chi connectivity index (χ3n) is 6.19. The van der Waals surface area contributed by atoms with Gasteiger partial charge >= 0.3 is 13.5 Å². The van der Waals surface area contributed by atoms with E-state index in [-0.39, 0.29) is 27.5 Å². The number of fused-ring (bicyclic) bond motifs is 1. The van der Waals surface area contributed by atoms with E-state index in [9.17, 15) is 14.5 Å². The third kappa shape index (κ3) is 5.30. The number of aromatic carboxylic acids is 1. The molecule has 5 rings (SSSR count). The van der Waals surface area contributed by atoms with Gasteiger partial charge < -0.3 is 14.0 Å². The predicted octanol–water partition coefficient (Wildman–Crippen LogP) is 9.00. The molecule has 1 atom stereocenters. The Balaban J connectivity index is 1.58. The molecule has 0 saturated carbocycles. The Bertz CT molecular complexity index is 1720. The highest BCUT2D eigenvalue weighted by Gasteiger charge is 2.40. The molecule has 0 aliphatic carbocycles. The molecule has 0 fully saturated rings. The normalized spacial score (nSPS) is 13.1. The van der Waals surface area contributed by atoms with E-state index in [4.69, 9.17) is 32.1 Å². The van der Waals surface area contributed by atoms with Gasteiger partial charge in [0.1, 0.15) is 16.2 Å².